The van der Waals surface area contributed by atoms with Gasteiger partial charge in [-0.2, -0.15) is 0 Å². The van der Waals surface area contributed by atoms with E-state index >= 15 is 0 Å². The summed E-state index contributed by atoms with van der Waals surface area (Å²) in [5.41, 5.74) is 3.07. The summed E-state index contributed by atoms with van der Waals surface area (Å²) in [6.45, 7) is 2.19. The standard InChI is InChI=1S/C24H24N4O3/c29-23(25-12-17-8-9-21-22(11-17)31-16-30-21)19-7-4-10-28(15-19)24-26-13-20(14-27-24)18-5-2-1-3-6-18/h1-3,5-6,8-9,11,13-14,19H,4,7,10,12,15-16H2,(H,25,29)/t19-/m1/s1. The van der Waals surface area contributed by atoms with Gasteiger partial charge < -0.3 is 19.7 Å². The van der Waals surface area contributed by atoms with Crippen LogP contribution in [0.25, 0.3) is 11.1 Å². The Balaban J connectivity index is 1.19. The molecule has 0 saturated carbocycles. The first-order chi connectivity index (χ1) is 15.3. The number of carbonyl (C=O) groups is 1. The molecule has 1 amide bonds. The molecular weight excluding hydrogens is 392 g/mol. The van der Waals surface area contributed by atoms with Gasteiger partial charge >= 0.3 is 0 Å². The molecule has 2 aromatic carbocycles. The van der Waals surface area contributed by atoms with Crippen LogP contribution >= 0.6 is 0 Å². The number of piperidine rings is 1. The Morgan fingerprint density at radius 1 is 1.03 bits per heavy atom. The quantitative estimate of drug-likeness (QED) is 0.687. The summed E-state index contributed by atoms with van der Waals surface area (Å²) in [6, 6.07) is 15.8. The first kappa shape index (κ1) is 19.4. The van der Waals surface area contributed by atoms with E-state index in [0.29, 0.717) is 19.0 Å². The Kier molecular flexibility index (Phi) is 5.39. The van der Waals surface area contributed by atoms with E-state index in [1.807, 2.05) is 60.9 Å². The maximum atomic E-state index is 12.8. The normalized spacial score (nSPS) is 17.4. The number of benzene rings is 2. The zero-order valence-electron chi connectivity index (χ0n) is 17.2. The number of hydrogen-bond acceptors (Lipinski definition) is 6. The van der Waals surface area contributed by atoms with Gasteiger partial charge in [0, 0.05) is 37.6 Å². The topological polar surface area (TPSA) is 76.6 Å². The van der Waals surface area contributed by atoms with Gasteiger partial charge in [-0.05, 0) is 36.1 Å². The van der Waals surface area contributed by atoms with Crippen molar-refractivity contribution in [2.45, 2.75) is 19.4 Å². The average molecular weight is 416 g/mol. The van der Waals surface area contributed by atoms with Crippen LogP contribution in [-0.2, 0) is 11.3 Å². The van der Waals surface area contributed by atoms with Gasteiger partial charge in [0.2, 0.25) is 18.6 Å². The number of anilines is 1. The van der Waals surface area contributed by atoms with Crippen molar-refractivity contribution >= 4 is 11.9 Å². The molecule has 31 heavy (non-hydrogen) atoms. The highest BCUT2D eigenvalue weighted by atomic mass is 16.7. The van der Waals surface area contributed by atoms with Crippen molar-refractivity contribution in [3.8, 4) is 22.6 Å². The number of fused-ring (bicyclic) bond motifs is 1. The number of nitrogens with zero attached hydrogens (tertiary/aromatic N) is 3. The van der Waals surface area contributed by atoms with Crippen molar-refractivity contribution in [3.63, 3.8) is 0 Å². The van der Waals surface area contributed by atoms with Gasteiger partial charge in [0.05, 0.1) is 5.92 Å². The maximum absolute atomic E-state index is 12.8. The number of hydrogen-bond donors (Lipinski definition) is 1. The molecule has 158 valence electrons. The lowest BCUT2D eigenvalue weighted by molar-refractivity contribution is -0.125. The van der Waals surface area contributed by atoms with Crippen LogP contribution in [0.3, 0.4) is 0 Å². The van der Waals surface area contributed by atoms with Crippen molar-refractivity contribution in [1.29, 1.82) is 0 Å². The van der Waals surface area contributed by atoms with Crippen LogP contribution < -0.4 is 19.7 Å². The van der Waals surface area contributed by atoms with Crippen molar-refractivity contribution in [2.24, 2.45) is 5.92 Å². The van der Waals surface area contributed by atoms with Crippen LogP contribution in [0, 0.1) is 5.92 Å². The number of nitrogens with one attached hydrogen (secondary N) is 1. The largest absolute Gasteiger partial charge is 0.454 e. The minimum atomic E-state index is -0.0832. The van der Waals surface area contributed by atoms with Crippen molar-refractivity contribution in [1.82, 2.24) is 15.3 Å². The second-order valence-corrected chi connectivity index (χ2v) is 7.83. The molecule has 0 unspecified atom stereocenters. The summed E-state index contributed by atoms with van der Waals surface area (Å²) < 4.78 is 10.7. The molecule has 5 rings (SSSR count). The number of ether oxygens (including phenoxy) is 2. The van der Waals surface area contributed by atoms with Crippen molar-refractivity contribution < 1.29 is 14.3 Å². The summed E-state index contributed by atoms with van der Waals surface area (Å²) in [5.74, 6) is 2.12. The van der Waals surface area contributed by atoms with Crippen LogP contribution in [0.5, 0.6) is 11.5 Å². The first-order valence-corrected chi connectivity index (χ1v) is 10.5. The van der Waals surface area contributed by atoms with E-state index in [2.05, 4.69) is 20.2 Å². The zero-order chi connectivity index (χ0) is 21.0. The lowest BCUT2D eigenvalue weighted by atomic mass is 9.97. The van der Waals surface area contributed by atoms with Gasteiger partial charge in [0.25, 0.3) is 0 Å². The Morgan fingerprint density at radius 3 is 2.68 bits per heavy atom. The molecule has 1 N–H and O–H groups in total. The molecule has 1 aromatic heterocycles. The second kappa shape index (κ2) is 8.63. The molecule has 2 aliphatic rings. The molecule has 0 spiro atoms. The second-order valence-electron chi connectivity index (χ2n) is 7.83. The molecule has 7 heteroatoms. The molecular formula is C24H24N4O3. The van der Waals surface area contributed by atoms with E-state index in [9.17, 15) is 4.79 Å². The highest BCUT2D eigenvalue weighted by Crippen LogP contribution is 2.32. The molecule has 2 aliphatic heterocycles. The Labute approximate surface area is 181 Å². The van der Waals surface area contributed by atoms with E-state index in [-0.39, 0.29) is 18.6 Å². The number of amides is 1. The summed E-state index contributed by atoms with van der Waals surface area (Å²) in [6.07, 6.45) is 5.50. The minimum absolute atomic E-state index is 0.0586. The predicted molar refractivity (Wildman–Crippen MR) is 117 cm³/mol. The SMILES string of the molecule is O=C(NCc1ccc2c(c1)OCO2)[C@@H]1CCCN(c2ncc(-c3ccccc3)cn2)C1. The van der Waals surface area contributed by atoms with Crippen LogP contribution in [-0.4, -0.2) is 35.8 Å². The molecule has 1 saturated heterocycles. The van der Waals surface area contributed by atoms with E-state index < -0.39 is 0 Å². The molecule has 0 radical (unpaired) electrons. The zero-order valence-corrected chi connectivity index (χ0v) is 17.2. The van der Waals surface area contributed by atoms with Gasteiger partial charge in [-0.15, -0.1) is 0 Å². The molecule has 3 heterocycles. The fourth-order valence-electron chi connectivity index (χ4n) is 4.02. The van der Waals surface area contributed by atoms with E-state index in [1.54, 1.807) is 0 Å². The van der Waals surface area contributed by atoms with Crippen LogP contribution in [0.2, 0.25) is 0 Å². The minimum Gasteiger partial charge on any atom is -0.454 e. The fourth-order valence-corrected chi connectivity index (χ4v) is 4.02. The lowest BCUT2D eigenvalue weighted by Crippen LogP contribution is -2.43. The fraction of sp³-hybridized carbons (Fsp3) is 0.292. The summed E-state index contributed by atoms with van der Waals surface area (Å²) in [7, 11) is 0. The molecule has 0 bridgehead atoms. The summed E-state index contributed by atoms with van der Waals surface area (Å²) in [5, 5.41) is 3.06. The number of rotatable bonds is 5. The van der Waals surface area contributed by atoms with E-state index in [0.717, 1.165) is 47.6 Å². The summed E-state index contributed by atoms with van der Waals surface area (Å²) in [4.78, 5) is 24.0. The number of carbonyl (C=O) groups excluding carboxylic acids is 1. The third-order valence-electron chi connectivity index (χ3n) is 5.72. The Hall–Kier alpha value is -3.61. The van der Waals surface area contributed by atoms with Crippen LogP contribution in [0.15, 0.2) is 60.9 Å². The van der Waals surface area contributed by atoms with Crippen LogP contribution in [0.1, 0.15) is 18.4 Å². The summed E-state index contributed by atoms with van der Waals surface area (Å²) >= 11 is 0. The highest BCUT2D eigenvalue weighted by molar-refractivity contribution is 5.79. The van der Waals surface area contributed by atoms with Crippen molar-refractivity contribution in [3.05, 3.63) is 66.5 Å². The lowest BCUT2D eigenvalue weighted by Gasteiger charge is -2.32. The molecule has 0 aliphatic carbocycles. The maximum Gasteiger partial charge on any atom is 0.231 e. The Bertz CT molecular complexity index is 1060. The van der Waals surface area contributed by atoms with Gasteiger partial charge in [-0.1, -0.05) is 36.4 Å². The molecule has 3 aromatic rings. The van der Waals surface area contributed by atoms with Crippen molar-refractivity contribution in [2.75, 3.05) is 24.8 Å². The van der Waals surface area contributed by atoms with Gasteiger partial charge in [-0.3, -0.25) is 4.79 Å². The number of aromatic nitrogens is 2. The predicted octanol–water partition coefficient (Wildman–Crippen LogP) is 3.41. The highest BCUT2D eigenvalue weighted by Gasteiger charge is 2.27. The van der Waals surface area contributed by atoms with Crippen LogP contribution in [0.4, 0.5) is 5.95 Å². The smallest absolute Gasteiger partial charge is 0.231 e. The first-order valence-electron chi connectivity index (χ1n) is 10.5. The average Bonchev–Trinajstić information content (AvgIpc) is 3.31. The van der Waals surface area contributed by atoms with E-state index in [4.69, 9.17) is 9.47 Å². The third kappa shape index (κ3) is 4.30. The van der Waals surface area contributed by atoms with E-state index in [1.165, 1.54) is 0 Å². The monoisotopic (exact) mass is 416 g/mol. The van der Waals surface area contributed by atoms with Gasteiger partial charge in [0.1, 0.15) is 0 Å². The third-order valence-corrected chi connectivity index (χ3v) is 5.72. The van der Waals surface area contributed by atoms with Gasteiger partial charge in [0.15, 0.2) is 11.5 Å². The molecule has 1 atom stereocenters. The Morgan fingerprint density at radius 2 is 1.84 bits per heavy atom. The molecule has 1 fully saturated rings. The van der Waals surface area contributed by atoms with Gasteiger partial charge in [-0.25, -0.2) is 9.97 Å². The molecule has 7 nitrogen and oxygen atoms in total.